The van der Waals surface area contributed by atoms with E-state index in [9.17, 15) is 0 Å². The van der Waals surface area contributed by atoms with Gasteiger partial charge in [-0.25, -0.2) is 4.68 Å². The quantitative estimate of drug-likeness (QED) is 0.761. The van der Waals surface area contributed by atoms with E-state index in [0.717, 1.165) is 34.0 Å². The van der Waals surface area contributed by atoms with Crippen LogP contribution in [0.25, 0.3) is 16.9 Å². The van der Waals surface area contributed by atoms with Gasteiger partial charge in [0.1, 0.15) is 0 Å². The van der Waals surface area contributed by atoms with Gasteiger partial charge in [-0.3, -0.25) is 5.10 Å². The van der Waals surface area contributed by atoms with Crippen molar-refractivity contribution in [3.8, 4) is 16.9 Å². The minimum Gasteiger partial charge on any atom is -0.280 e. The van der Waals surface area contributed by atoms with Gasteiger partial charge in [-0.15, -0.1) is 0 Å². The maximum absolute atomic E-state index is 4.51. The molecule has 1 aromatic carbocycles. The summed E-state index contributed by atoms with van der Waals surface area (Å²) in [4.78, 5) is 0. The zero-order valence-electron chi connectivity index (χ0n) is 11.3. The van der Waals surface area contributed by atoms with Crippen LogP contribution in [0.3, 0.4) is 0 Å². The van der Waals surface area contributed by atoms with E-state index in [4.69, 9.17) is 0 Å². The first-order valence-corrected chi connectivity index (χ1v) is 6.31. The summed E-state index contributed by atoms with van der Waals surface area (Å²) in [5, 5.41) is 12.0. The molecular formula is C15H16N4. The summed E-state index contributed by atoms with van der Waals surface area (Å²) in [7, 11) is 0. The van der Waals surface area contributed by atoms with Crippen LogP contribution in [0.5, 0.6) is 0 Å². The van der Waals surface area contributed by atoms with Crippen molar-refractivity contribution in [2.24, 2.45) is 0 Å². The maximum atomic E-state index is 4.51. The molecule has 0 unspecified atom stereocenters. The molecule has 0 radical (unpaired) electrons. The number of rotatable bonds is 2. The van der Waals surface area contributed by atoms with Crippen molar-refractivity contribution >= 4 is 0 Å². The van der Waals surface area contributed by atoms with Gasteiger partial charge < -0.3 is 0 Å². The van der Waals surface area contributed by atoms with Gasteiger partial charge in [0.05, 0.1) is 5.69 Å². The Morgan fingerprint density at radius 3 is 2.42 bits per heavy atom. The summed E-state index contributed by atoms with van der Waals surface area (Å²) in [5.74, 6) is 0.856. The number of nitrogens with one attached hydrogen (secondary N) is 1. The van der Waals surface area contributed by atoms with Gasteiger partial charge in [0.15, 0.2) is 5.82 Å². The molecule has 4 heteroatoms. The van der Waals surface area contributed by atoms with Gasteiger partial charge in [0.25, 0.3) is 0 Å². The molecule has 19 heavy (non-hydrogen) atoms. The molecule has 0 aliphatic heterocycles. The molecule has 0 spiro atoms. The van der Waals surface area contributed by atoms with Gasteiger partial charge in [-0.2, -0.15) is 10.2 Å². The lowest BCUT2D eigenvalue weighted by molar-refractivity contribution is 0.799. The van der Waals surface area contributed by atoms with Gasteiger partial charge in [0, 0.05) is 17.0 Å². The minimum atomic E-state index is 0.856. The van der Waals surface area contributed by atoms with Crippen LogP contribution >= 0.6 is 0 Å². The van der Waals surface area contributed by atoms with Gasteiger partial charge in [0.2, 0.25) is 0 Å². The second-order valence-corrected chi connectivity index (χ2v) is 4.75. The lowest BCUT2D eigenvalue weighted by Gasteiger charge is -2.05. The molecule has 4 nitrogen and oxygen atoms in total. The van der Waals surface area contributed by atoms with Crippen LogP contribution in [0.15, 0.2) is 36.4 Å². The summed E-state index contributed by atoms with van der Waals surface area (Å²) < 4.78 is 1.89. The molecule has 0 bridgehead atoms. The molecule has 0 fully saturated rings. The van der Waals surface area contributed by atoms with E-state index in [2.05, 4.69) is 33.5 Å². The molecule has 2 heterocycles. The fourth-order valence-electron chi connectivity index (χ4n) is 2.36. The topological polar surface area (TPSA) is 46.5 Å². The third kappa shape index (κ3) is 1.95. The monoisotopic (exact) mass is 252 g/mol. The molecule has 0 saturated carbocycles. The van der Waals surface area contributed by atoms with Crippen LogP contribution in [0.1, 0.15) is 17.1 Å². The van der Waals surface area contributed by atoms with Crippen LogP contribution in [0.4, 0.5) is 0 Å². The number of aryl methyl sites for hydroxylation is 3. The highest BCUT2D eigenvalue weighted by molar-refractivity contribution is 5.73. The second kappa shape index (κ2) is 4.39. The molecule has 0 saturated heterocycles. The summed E-state index contributed by atoms with van der Waals surface area (Å²) >= 11 is 0. The van der Waals surface area contributed by atoms with Crippen molar-refractivity contribution in [1.29, 1.82) is 0 Å². The van der Waals surface area contributed by atoms with Gasteiger partial charge in [-0.05, 0) is 32.4 Å². The Balaban J connectivity index is 2.22. The van der Waals surface area contributed by atoms with Crippen molar-refractivity contribution in [2.45, 2.75) is 20.8 Å². The number of hydrogen-bond donors (Lipinski definition) is 1. The predicted molar refractivity (Wildman–Crippen MR) is 75.4 cm³/mol. The van der Waals surface area contributed by atoms with E-state index in [-0.39, 0.29) is 0 Å². The van der Waals surface area contributed by atoms with E-state index in [1.807, 2.05) is 43.7 Å². The number of nitrogens with zero attached hydrogens (tertiary/aromatic N) is 3. The average molecular weight is 252 g/mol. The molecule has 0 aliphatic carbocycles. The zero-order valence-corrected chi connectivity index (χ0v) is 11.3. The molecule has 1 N–H and O–H groups in total. The Hall–Kier alpha value is -2.36. The Labute approximate surface area is 112 Å². The lowest BCUT2D eigenvalue weighted by Crippen LogP contribution is -2.01. The van der Waals surface area contributed by atoms with E-state index < -0.39 is 0 Å². The fourth-order valence-corrected chi connectivity index (χ4v) is 2.36. The Morgan fingerprint density at radius 2 is 1.79 bits per heavy atom. The van der Waals surface area contributed by atoms with Crippen molar-refractivity contribution in [3.05, 3.63) is 53.5 Å². The Kier molecular flexibility index (Phi) is 2.71. The number of H-pyrrole nitrogens is 1. The highest BCUT2D eigenvalue weighted by Crippen LogP contribution is 2.28. The third-order valence-electron chi connectivity index (χ3n) is 3.20. The van der Waals surface area contributed by atoms with Crippen molar-refractivity contribution in [2.75, 3.05) is 0 Å². The lowest BCUT2D eigenvalue weighted by atomic mass is 10.1. The van der Waals surface area contributed by atoms with Gasteiger partial charge in [-0.1, -0.05) is 30.3 Å². The van der Waals surface area contributed by atoms with Crippen LogP contribution in [-0.4, -0.2) is 20.0 Å². The van der Waals surface area contributed by atoms with Gasteiger partial charge >= 0.3 is 0 Å². The molecule has 2 aromatic heterocycles. The number of aromatic amines is 1. The largest absolute Gasteiger partial charge is 0.280 e. The fraction of sp³-hybridized carbons (Fsp3) is 0.200. The Bertz CT molecular complexity index is 707. The van der Waals surface area contributed by atoms with Crippen LogP contribution in [-0.2, 0) is 0 Å². The predicted octanol–water partition coefficient (Wildman–Crippen LogP) is 3.19. The molecule has 3 aromatic rings. The molecule has 0 amide bonds. The first-order valence-electron chi connectivity index (χ1n) is 6.31. The third-order valence-corrected chi connectivity index (χ3v) is 3.20. The molecule has 0 atom stereocenters. The highest BCUT2D eigenvalue weighted by atomic mass is 15.4. The minimum absolute atomic E-state index is 0.856. The molecular weight excluding hydrogens is 236 g/mol. The van der Waals surface area contributed by atoms with Crippen molar-refractivity contribution in [1.82, 2.24) is 20.0 Å². The number of benzene rings is 1. The van der Waals surface area contributed by atoms with Crippen molar-refractivity contribution in [3.63, 3.8) is 0 Å². The highest BCUT2D eigenvalue weighted by Gasteiger charge is 2.16. The normalized spacial score (nSPS) is 10.9. The smallest absolute Gasteiger partial charge is 0.183 e. The molecule has 0 aliphatic rings. The summed E-state index contributed by atoms with van der Waals surface area (Å²) in [6.07, 6.45) is 0. The molecule has 96 valence electrons. The van der Waals surface area contributed by atoms with Crippen LogP contribution in [0, 0.1) is 20.8 Å². The SMILES string of the molecule is Cc1cc(C)n(-c2n[nH]c(C)c2-c2ccccc2)n1. The van der Waals surface area contributed by atoms with Crippen LogP contribution < -0.4 is 0 Å². The zero-order chi connectivity index (χ0) is 13.4. The standard InChI is InChI=1S/C15H16N4/c1-10-9-11(2)19(18-10)15-14(12(3)16-17-15)13-7-5-4-6-8-13/h4-9H,1-3H3,(H,16,17). The average Bonchev–Trinajstić information content (AvgIpc) is 2.93. The first-order chi connectivity index (χ1) is 9.16. The van der Waals surface area contributed by atoms with E-state index in [0.29, 0.717) is 0 Å². The number of hydrogen-bond acceptors (Lipinski definition) is 2. The van der Waals surface area contributed by atoms with E-state index in [1.165, 1.54) is 0 Å². The van der Waals surface area contributed by atoms with Crippen molar-refractivity contribution < 1.29 is 0 Å². The maximum Gasteiger partial charge on any atom is 0.183 e. The molecule has 3 rings (SSSR count). The summed E-state index contributed by atoms with van der Waals surface area (Å²) in [6, 6.07) is 12.3. The second-order valence-electron chi connectivity index (χ2n) is 4.75. The Morgan fingerprint density at radius 1 is 1.05 bits per heavy atom. The summed E-state index contributed by atoms with van der Waals surface area (Å²) in [6.45, 7) is 6.06. The number of aromatic nitrogens is 4. The van der Waals surface area contributed by atoms with Crippen LogP contribution in [0.2, 0.25) is 0 Å². The first kappa shape index (κ1) is 11.7. The van der Waals surface area contributed by atoms with E-state index >= 15 is 0 Å². The summed E-state index contributed by atoms with van der Waals surface area (Å²) in [5.41, 5.74) is 5.38. The van der Waals surface area contributed by atoms with E-state index in [1.54, 1.807) is 0 Å².